The van der Waals surface area contributed by atoms with E-state index < -0.39 is 0 Å². The van der Waals surface area contributed by atoms with Gasteiger partial charge < -0.3 is 0 Å². The zero-order chi connectivity index (χ0) is 7.84. The van der Waals surface area contributed by atoms with Crippen LogP contribution in [0.25, 0.3) is 10.9 Å². The minimum absolute atomic E-state index is 0.926. The second kappa shape index (κ2) is 2.85. The first-order valence-electron chi connectivity index (χ1n) is 2.92. The topological polar surface area (TPSA) is 41.6 Å². The standard InChI is InChI=1S/C6H3I2N3/c7-5-1-3-4(2-9-5)10-11-6(3)8/h1-2H,(H,10,11). The van der Waals surface area contributed by atoms with E-state index in [-0.39, 0.29) is 0 Å². The van der Waals surface area contributed by atoms with E-state index in [0.29, 0.717) is 0 Å². The van der Waals surface area contributed by atoms with Gasteiger partial charge in [-0.2, -0.15) is 5.10 Å². The number of hydrogen-bond acceptors (Lipinski definition) is 2. The SMILES string of the molecule is Ic1cc2c(I)[nH]nc2cn1. The normalized spacial score (nSPS) is 10.7. The van der Waals surface area contributed by atoms with Crippen LogP contribution in [0.3, 0.4) is 0 Å². The third kappa shape index (κ3) is 1.35. The van der Waals surface area contributed by atoms with Gasteiger partial charge in [0.2, 0.25) is 0 Å². The summed E-state index contributed by atoms with van der Waals surface area (Å²) in [4.78, 5) is 4.12. The van der Waals surface area contributed by atoms with Gasteiger partial charge in [-0.15, -0.1) is 0 Å². The van der Waals surface area contributed by atoms with Crippen LogP contribution in [0.15, 0.2) is 12.3 Å². The highest BCUT2D eigenvalue weighted by Gasteiger charge is 2.01. The Labute approximate surface area is 90.3 Å². The summed E-state index contributed by atoms with van der Waals surface area (Å²) in [7, 11) is 0. The fraction of sp³-hybridized carbons (Fsp3) is 0. The van der Waals surface area contributed by atoms with Crippen molar-refractivity contribution in [2.45, 2.75) is 0 Å². The summed E-state index contributed by atoms with van der Waals surface area (Å²) >= 11 is 4.41. The van der Waals surface area contributed by atoms with Crippen molar-refractivity contribution in [1.82, 2.24) is 15.2 Å². The van der Waals surface area contributed by atoms with Crippen molar-refractivity contribution < 1.29 is 0 Å². The maximum Gasteiger partial charge on any atom is 0.112 e. The molecule has 0 atom stereocenters. The molecule has 2 rings (SSSR count). The van der Waals surface area contributed by atoms with Crippen LogP contribution in [-0.4, -0.2) is 15.2 Å². The Balaban J connectivity index is 2.87. The first-order valence-corrected chi connectivity index (χ1v) is 5.08. The van der Waals surface area contributed by atoms with Crippen LogP contribution in [0, 0.1) is 7.40 Å². The summed E-state index contributed by atoms with van der Waals surface area (Å²) in [5.74, 6) is 0. The van der Waals surface area contributed by atoms with Crippen LogP contribution in [0.2, 0.25) is 0 Å². The van der Waals surface area contributed by atoms with E-state index in [2.05, 4.69) is 60.4 Å². The number of pyridine rings is 1. The molecule has 2 heterocycles. The van der Waals surface area contributed by atoms with E-state index in [4.69, 9.17) is 0 Å². The molecule has 0 aliphatic rings. The number of hydrogen-bond donors (Lipinski definition) is 1. The largest absolute Gasteiger partial charge is 0.271 e. The predicted molar refractivity (Wildman–Crippen MR) is 59.3 cm³/mol. The highest BCUT2D eigenvalue weighted by atomic mass is 127. The number of nitrogens with one attached hydrogen (secondary N) is 1. The van der Waals surface area contributed by atoms with Crippen molar-refractivity contribution in [1.29, 1.82) is 0 Å². The Morgan fingerprint density at radius 3 is 3.00 bits per heavy atom. The van der Waals surface area contributed by atoms with Crippen molar-refractivity contribution >= 4 is 56.1 Å². The van der Waals surface area contributed by atoms with E-state index in [9.17, 15) is 0 Å². The van der Waals surface area contributed by atoms with E-state index in [1.54, 1.807) is 6.20 Å². The van der Waals surface area contributed by atoms with E-state index in [0.717, 1.165) is 18.3 Å². The van der Waals surface area contributed by atoms with Gasteiger partial charge >= 0.3 is 0 Å². The fourth-order valence-corrected chi connectivity index (χ4v) is 1.86. The van der Waals surface area contributed by atoms with Gasteiger partial charge in [-0.25, -0.2) is 4.98 Å². The van der Waals surface area contributed by atoms with Crippen LogP contribution < -0.4 is 0 Å². The summed E-state index contributed by atoms with van der Waals surface area (Å²) in [6.45, 7) is 0. The highest BCUT2D eigenvalue weighted by Crippen LogP contribution is 2.17. The van der Waals surface area contributed by atoms with E-state index in [1.165, 1.54) is 0 Å². The number of nitrogens with zero attached hydrogens (tertiary/aromatic N) is 2. The number of aromatic nitrogens is 3. The molecule has 11 heavy (non-hydrogen) atoms. The zero-order valence-electron chi connectivity index (χ0n) is 5.31. The maximum atomic E-state index is 4.12. The summed E-state index contributed by atoms with van der Waals surface area (Å²) in [5.41, 5.74) is 0.926. The zero-order valence-corrected chi connectivity index (χ0v) is 9.62. The summed E-state index contributed by atoms with van der Waals surface area (Å²) in [6.07, 6.45) is 1.77. The number of fused-ring (bicyclic) bond motifs is 1. The number of aromatic amines is 1. The Hall–Kier alpha value is 0.0800. The van der Waals surface area contributed by atoms with Crippen LogP contribution in [-0.2, 0) is 0 Å². The van der Waals surface area contributed by atoms with Gasteiger partial charge in [-0.05, 0) is 51.2 Å². The molecule has 0 saturated carbocycles. The average Bonchev–Trinajstić information content (AvgIpc) is 2.33. The Morgan fingerprint density at radius 2 is 2.18 bits per heavy atom. The maximum absolute atomic E-state index is 4.12. The van der Waals surface area contributed by atoms with Gasteiger partial charge in [-0.3, -0.25) is 5.10 Å². The molecular formula is C6H3I2N3. The molecule has 0 fully saturated rings. The Morgan fingerprint density at radius 1 is 1.36 bits per heavy atom. The van der Waals surface area contributed by atoms with Crippen molar-refractivity contribution in [3.63, 3.8) is 0 Å². The van der Waals surface area contributed by atoms with Crippen molar-refractivity contribution in [3.05, 3.63) is 19.7 Å². The van der Waals surface area contributed by atoms with Crippen LogP contribution in [0.5, 0.6) is 0 Å². The monoisotopic (exact) mass is 371 g/mol. The van der Waals surface area contributed by atoms with Crippen LogP contribution >= 0.6 is 45.2 Å². The van der Waals surface area contributed by atoms with Gasteiger partial charge in [0.1, 0.15) is 12.9 Å². The molecule has 2 aromatic heterocycles. The lowest BCUT2D eigenvalue weighted by Gasteiger charge is -1.88. The number of H-pyrrole nitrogens is 1. The molecule has 0 aliphatic heterocycles. The van der Waals surface area contributed by atoms with E-state index >= 15 is 0 Å². The molecule has 1 N–H and O–H groups in total. The van der Waals surface area contributed by atoms with E-state index in [1.807, 2.05) is 6.07 Å². The summed E-state index contributed by atoms with van der Waals surface area (Å²) in [6, 6.07) is 2.02. The van der Waals surface area contributed by atoms with Gasteiger partial charge in [-0.1, -0.05) is 0 Å². The molecule has 0 aromatic carbocycles. The summed E-state index contributed by atoms with van der Waals surface area (Å²) < 4.78 is 2.06. The van der Waals surface area contributed by atoms with Crippen molar-refractivity contribution in [2.75, 3.05) is 0 Å². The molecular weight excluding hydrogens is 368 g/mol. The lowest BCUT2D eigenvalue weighted by Crippen LogP contribution is -1.78. The van der Waals surface area contributed by atoms with Gasteiger partial charge in [0.05, 0.1) is 6.20 Å². The van der Waals surface area contributed by atoms with Crippen LogP contribution in [0.4, 0.5) is 0 Å². The minimum Gasteiger partial charge on any atom is -0.271 e. The quantitative estimate of drug-likeness (QED) is 0.570. The van der Waals surface area contributed by atoms with Crippen molar-refractivity contribution in [2.24, 2.45) is 0 Å². The Kier molecular flexibility index (Phi) is 2.00. The fourth-order valence-electron chi connectivity index (χ4n) is 0.857. The lowest BCUT2D eigenvalue weighted by atomic mass is 10.3. The molecule has 3 nitrogen and oxygen atoms in total. The molecule has 0 amide bonds. The highest BCUT2D eigenvalue weighted by molar-refractivity contribution is 14.1. The Bertz CT molecular complexity index is 396. The second-order valence-electron chi connectivity index (χ2n) is 2.06. The first kappa shape index (κ1) is 7.71. The smallest absolute Gasteiger partial charge is 0.112 e. The van der Waals surface area contributed by atoms with Gasteiger partial charge in [0, 0.05) is 5.39 Å². The second-order valence-corrected chi connectivity index (χ2v) is 4.25. The molecule has 0 aliphatic carbocycles. The van der Waals surface area contributed by atoms with Crippen LogP contribution in [0.1, 0.15) is 0 Å². The van der Waals surface area contributed by atoms with Gasteiger partial charge in [0.25, 0.3) is 0 Å². The lowest BCUT2D eigenvalue weighted by molar-refractivity contribution is 1.09. The molecule has 56 valence electrons. The average molecular weight is 371 g/mol. The molecule has 0 saturated heterocycles. The predicted octanol–water partition coefficient (Wildman–Crippen LogP) is 2.17. The van der Waals surface area contributed by atoms with Crippen molar-refractivity contribution in [3.8, 4) is 0 Å². The molecule has 0 bridgehead atoms. The third-order valence-corrected chi connectivity index (χ3v) is 2.77. The van der Waals surface area contributed by atoms with Gasteiger partial charge in [0.15, 0.2) is 0 Å². The number of halogens is 2. The third-order valence-electron chi connectivity index (χ3n) is 1.36. The molecule has 0 spiro atoms. The first-order chi connectivity index (χ1) is 5.27. The molecule has 0 radical (unpaired) electrons. The molecule has 5 heteroatoms. The summed E-state index contributed by atoms with van der Waals surface area (Å²) in [5, 5.41) is 8.10. The number of rotatable bonds is 0. The minimum atomic E-state index is 0.926. The molecule has 0 unspecified atom stereocenters. The molecule has 2 aromatic rings.